The van der Waals surface area contributed by atoms with Gasteiger partial charge in [0.25, 0.3) is 0 Å². The van der Waals surface area contributed by atoms with Crippen LogP contribution >= 0.6 is 0 Å². The molecule has 1 aliphatic rings. The summed E-state index contributed by atoms with van der Waals surface area (Å²) in [5.74, 6) is 1.82. The summed E-state index contributed by atoms with van der Waals surface area (Å²) in [5, 5.41) is 3.51. The van der Waals surface area contributed by atoms with Gasteiger partial charge in [-0.05, 0) is 36.8 Å². The fourth-order valence-corrected chi connectivity index (χ4v) is 2.41. The first-order valence-electron chi connectivity index (χ1n) is 5.26. The van der Waals surface area contributed by atoms with E-state index in [0.29, 0.717) is 5.41 Å². The van der Waals surface area contributed by atoms with Crippen LogP contribution in [0.15, 0.2) is 0 Å². The lowest BCUT2D eigenvalue weighted by atomic mass is 9.69. The number of nitrogens with one attached hydrogen (secondary N) is 1. The first-order valence-corrected chi connectivity index (χ1v) is 5.26. The van der Waals surface area contributed by atoms with E-state index in [9.17, 15) is 0 Å². The Labute approximate surface area is 76.9 Å². The third kappa shape index (κ3) is 2.22. The van der Waals surface area contributed by atoms with Crippen molar-refractivity contribution in [3.8, 4) is 0 Å². The van der Waals surface area contributed by atoms with Crippen molar-refractivity contribution in [1.82, 2.24) is 5.32 Å². The number of hydrogen-bond acceptors (Lipinski definition) is 1. The van der Waals surface area contributed by atoms with Gasteiger partial charge in [0.05, 0.1) is 0 Å². The number of rotatable bonds is 1. The van der Waals surface area contributed by atoms with Crippen LogP contribution in [0.5, 0.6) is 0 Å². The molecular formula is C11H23N. The average Bonchev–Trinajstić information content (AvgIpc) is 2.03. The zero-order valence-electron chi connectivity index (χ0n) is 8.98. The molecule has 1 rings (SSSR count). The van der Waals surface area contributed by atoms with E-state index in [1.807, 2.05) is 0 Å². The summed E-state index contributed by atoms with van der Waals surface area (Å²) in [4.78, 5) is 0. The van der Waals surface area contributed by atoms with Gasteiger partial charge in [-0.1, -0.05) is 34.1 Å². The maximum atomic E-state index is 3.51. The molecule has 1 heteroatoms. The standard InChI is InChI=1S/C11H23N/c1-5-9-6-7-12-8-10(9)11(2,3)4/h9-10,12H,5-8H2,1-4H3. The summed E-state index contributed by atoms with van der Waals surface area (Å²) in [5.41, 5.74) is 0.480. The van der Waals surface area contributed by atoms with Crippen molar-refractivity contribution in [2.24, 2.45) is 17.3 Å². The van der Waals surface area contributed by atoms with Crippen LogP contribution in [-0.2, 0) is 0 Å². The molecule has 0 spiro atoms. The van der Waals surface area contributed by atoms with Crippen LogP contribution in [0.4, 0.5) is 0 Å². The average molecular weight is 169 g/mol. The lowest BCUT2D eigenvalue weighted by molar-refractivity contribution is 0.118. The highest BCUT2D eigenvalue weighted by Gasteiger charge is 2.32. The molecule has 0 saturated carbocycles. The molecule has 1 aliphatic heterocycles. The predicted molar refractivity (Wildman–Crippen MR) is 54.2 cm³/mol. The number of piperidine rings is 1. The molecule has 1 nitrogen and oxygen atoms in total. The van der Waals surface area contributed by atoms with Gasteiger partial charge >= 0.3 is 0 Å². The van der Waals surface area contributed by atoms with Gasteiger partial charge in [-0.2, -0.15) is 0 Å². The summed E-state index contributed by atoms with van der Waals surface area (Å²) in [6, 6.07) is 0. The van der Waals surface area contributed by atoms with Crippen LogP contribution in [0.2, 0.25) is 0 Å². The molecule has 0 aromatic rings. The van der Waals surface area contributed by atoms with Crippen LogP contribution in [0, 0.1) is 17.3 Å². The van der Waals surface area contributed by atoms with Gasteiger partial charge in [-0.15, -0.1) is 0 Å². The molecule has 2 unspecified atom stereocenters. The van der Waals surface area contributed by atoms with Gasteiger partial charge in [0, 0.05) is 0 Å². The molecule has 0 aliphatic carbocycles. The van der Waals surface area contributed by atoms with Crippen LogP contribution in [-0.4, -0.2) is 13.1 Å². The van der Waals surface area contributed by atoms with Crippen LogP contribution in [0.25, 0.3) is 0 Å². The SMILES string of the molecule is CCC1CCNCC1C(C)(C)C. The van der Waals surface area contributed by atoms with Crippen LogP contribution in [0.1, 0.15) is 40.5 Å². The Balaban J connectivity index is 2.59. The smallest absolute Gasteiger partial charge is 0.00129 e. The molecule has 1 fully saturated rings. The van der Waals surface area contributed by atoms with E-state index in [1.165, 1.54) is 25.9 Å². The molecule has 1 heterocycles. The highest BCUT2D eigenvalue weighted by atomic mass is 14.9. The largest absolute Gasteiger partial charge is 0.316 e. The van der Waals surface area contributed by atoms with Gasteiger partial charge in [0.1, 0.15) is 0 Å². The molecule has 72 valence electrons. The van der Waals surface area contributed by atoms with Crippen molar-refractivity contribution in [2.45, 2.75) is 40.5 Å². The molecule has 1 saturated heterocycles. The Bertz CT molecular complexity index is 134. The van der Waals surface area contributed by atoms with E-state index in [2.05, 4.69) is 33.0 Å². The Morgan fingerprint density at radius 3 is 2.42 bits per heavy atom. The molecular weight excluding hydrogens is 146 g/mol. The zero-order valence-corrected chi connectivity index (χ0v) is 8.98. The third-order valence-electron chi connectivity index (χ3n) is 3.26. The van der Waals surface area contributed by atoms with Gasteiger partial charge in [0.2, 0.25) is 0 Å². The van der Waals surface area contributed by atoms with Crippen LogP contribution in [0.3, 0.4) is 0 Å². The van der Waals surface area contributed by atoms with Gasteiger partial charge < -0.3 is 5.32 Å². The summed E-state index contributed by atoms with van der Waals surface area (Å²) in [6.07, 6.45) is 2.72. The number of hydrogen-bond donors (Lipinski definition) is 1. The Morgan fingerprint density at radius 1 is 1.33 bits per heavy atom. The van der Waals surface area contributed by atoms with E-state index in [4.69, 9.17) is 0 Å². The Kier molecular flexibility index (Phi) is 3.16. The minimum atomic E-state index is 0.480. The summed E-state index contributed by atoms with van der Waals surface area (Å²) >= 11 is 0. The molecule has 0 radical (unpaired) electrons. The topological polar surface area (TPSA) is 12.0 Å². The molecule has 0 aromatic heterocycles. The van der Waals surface area contributed by atoms with Crippen molar-refractivity contribution >= 4 is 0 Å². The third-order valence-corrected chi connectivity index (χ3v) is 3.26. The van der Waals surface area contributed by atoms with E-state index >= 15 is 0 Å². The Hall–Kier alpha value is -0.0400. The van der Waals surface area contributed by atoms with E-state index < -0.39 is 0 Å². The zero-order chi connectivity index (χ0) is 9.19. The first kappa shape index (κ1) is 10.0. The first-order chi connectivity index (χ1) is 5.55. The summed E-state index contributed by atoms with van der Waals surface area (Å²) in [6.45, 7) is 11.9. The maximum Gasteiger partial charge on any atom is -0.00129 e. The minimum absolute atomic E-state index is 0.480. The molecule has 2 atom stereocenters. The highest BCUT2D eigenvalue weighted by Crippen LogP contribution is 2.36. The van der Waals surface area contributed by atoms with E-state index in [0.717, 1.165) is 11.8 Å². The normalized spacial score (nSPS) is 32.0. The van der Waals surface area contributed by atoms with Crippen molar-refractivity contribution in [3.63, 3.8) is 0 Å². The van der Waals surface area contributed by atoms with E-state index in [1.54, 1.807) is 0 Å². The van der Waals surface area contributed by atoms with Gasteiger partial charge in [-0.3, -0.25) is 0 Å². The monoisotopic (exact) mass is 169 g/mol. The van der Waals surface area contributed by atoms with Crippen molar-refractivity contribution in [2.75, 3.05) is 13.1 Å². The van der Waals surface area contributed by atoms with Crippen molar-refractivity contribution in [3.05, 3.63) is 0 Å². The predicted octanol–water partition coefficient (Wildman–Crippen LogP) is 2.67. The lowest BCUT2D eigenvalue weighted by Gasteiger charge is -2.40. The van der Waals surface area contributed by atoms with Crippen molar-refractivity contribution in [1.29, 1.82) is 0 Å². The fourth-order valence-electron chi connectivity index (χ4n) is 2.41. The summed E-state index contributed by atoms with van der Waals surface area (Å²) < 4.78 is 0. The van der Waals surface area contributed by atoms with Crippen LogP contribution < -0.4 is 5.32 Å². The van der Waals surface area contributed by atoms with Gasteiger partial charge in [0.15, 0.2) is 0 Å². The quantitative estimate of drug-likeness (QED) is 0.636. The van der Waals surface area contributed by atoms with Gasteiger partial charge in [-0.25, -0.2) is 0 Å². The molecule has 1 N–H and O–H groups in total. The molecule has 0 bridgehead atoms. The molecule has 12 heavy (non-hydrogen) atoms. The van der Waals surface area contributed by atoms with Crippen molar-refractivity contribution < 1.29 is 0 Å². The highest BCUT2D eigenvalue weighted by molar-refractivity contribution is 4.85. The second kappa shape index (κ2) is 3.78. The lowest BCUT2D eigenvalue weighted by Crippen LogP contribution is -2.42. The molecule has 0 aromatic carbocycles. The Morgan fingerprint density at radius 2 is 2.00 bits per heavy atom. The summed E-state index contributed by atoms with van der Waals surface area (Å²) in [7, 11) is 0. The van der Waals surface area contributed by atoms with E-state index in [-0.39, 0.29) is 0 Å². The fraction of sp³-hybridized carbons (Fsp3) is 1.00. The second-order valence-electron chi connectivity index (χ2n) is 5.13. The second-order valence-corrected chi connectivity index (χ2v) is 5.13. The maximum absolute atomic E-state index is 3.51. The molecule has 0 amide bonds. The minimum Gasteiger partial charge on any atom is -0.316 e.